The topological polar surface area (TPSA) is 12.0 Å². The summed E-state index contributed by atoms with van der Waals surface area (Å²) in [6, 6.07) is 65.8. The summed E-state index contributed by atoms with van der Waals surface area (Å²) in [6.45, 7) is 1.85. The zero-order valence-corrected chi connectivity index (χ0v) is 27.1. The van der Waals surface area contributed by atoms with Crippen molar-refractivity contribution in [1.82, 2.24) is 5.32 Å². The van der Waals surface area contributed by atoms with Gasteiger partial charge in [0.15, 0.2) is 0 Å². The number of rotatable bonds is 14. The van der Waals surface area contributed by atoms with Gasteiger partial charge in [0.1, 0.15) is 0 Å². The van der Waals surface area contributed by atoms with Gasteiger partial charge in [0.25, 0.3) is 0 Å². The molecular weight excluding hydrogens is 583 g/mol. The molecule has 0 saturated carbocycles. The minimum atomic E-state index is -0.288. The van der Waals surface area contributed by atoms with Crippen molar-refractivity contribution in [1.29, 1.82) is 0 Å². The lowest BCUT2D eigenvalue weighted by Gasteiger charge is -2.36. The van der Waals surface area contributed by atoms with Gasteiger partial charge in [0.2, 0.25) is 0 Å². The van der Waals surface area contributed by atoms with Gasteiger partial charge in [-0.05, 0) is 33.4 Å². The largest absolute Gasteiger partial charge is 0.315 e. The molecule has 45 heavy (non-hydrogen) atoms. The Morgan fingerprint density at radius 3 is 0.711 bits per heavy atom. The molecule has 1 nitrogen and oxygen atoms in total. The van der Waals surface area contributed by atoms with Crippen molar-refractivity contribution in [3.8, 4) is 0 Å². The molecule has 0 spiro atoms. The lowest BCUT2D eigenvalue weighted by atomic mass is 9.84. The Bertz CT molecular complexity index is 1370. The van der Waals surface area contributed by atoms with Crippen LogP contribution in [0.2, 0.25) is 0 Å². The maximum Gasteiger partial charge on any atom is 0.0907 e. The van der Waals surface area contributed by atoms with Crippen LogP contribution in [0.5, 0.6) is 0 Å². The van der Waals surface area contributed by atoms with Gasteiger partial charge in [-0.15, -0.1) is 23.5 Å². The minimum absolute atomic E-state index is 0.288. The van der Waals surface area contributed by atoms with Crippen molar-refractivity contribution in [3.05, 3.63) is 215 Å². The van der Waals surface area contributed by atoms with Gasteiger partial charge in [0, 0.05) is 24.6 Å². The Balaban J connectivity index is 1.19. The van der Waals surface area contributed by atoms with Crippen LogP contribution in [0.25, 0.3) is 0 Å². The molecule has 0 aliphatic heterocycles. The number of thioether (sulfide) groups is 2. The molecule has 6 aromatic carbocycles. The molecular formula is C42H39NS2. The second-order valence-corrected chi connectivity index (χ2v) is 13.6. The highest BCUT2D eigenvalue weighted by atomic mass is 32.2. The van der Waals surface area contributed by atoms with Gasteiger partial charge in [-0.25, -0.2) is 0 Å². The first kappa shape index (κ1) is 31.0. The highest BCUT2D eigenvalue weighted by Gasteiger charge is 2.38. The molecule has 0 unspecified atom stereocenters. The Hall–Kier alpha value is -4.02. The zero-order valence-electron chi connectivity index (χ0n) is 25.5. The molecule has 0 amide bonds. The smallest absolute Gasteiger partial charge is 0.0907 e. The van der Waals surface area contributed by atoms with Gasteiger partial charge in [0.05, 0.1) is 9.49 Å². The molecule has 224 valence electrons. The molecule has 3 heteroatoms. The van der Waals surface area contributed by atoms with Crippen LogP contribution in [-0.4, -0.2) is 24.6 Å². The molecule has 1 N–H and O–H groups in total. The zero-order chi connectivity index (χ0) is 30.6. The van der Waals surface area contributed by atoms with Crippen molar-refractivity contribution in [2.45, 2.75) is 9.49 Å². The summed E-state index contributed by atoms with van der Waals surface area (Å²) in [5, 5.41) is 3.80. The summed E-state index contributed by atoms with van der Waals surface area (Å²) >= 11 is 4.03. The second kappa shape index (κ2) is 15.3. The van der Waals surface area contributed by atoms with E-state index in [1.807, 2.05) is 23.5 Å². The Morgan fingerprint density at radius 1 is 0.311 bits per heavy atom. The SMILES string of the molecule is c1ccc(C(SCCNCCSC(c2ccccc2)(c2ccccc2)c2ccccc2)(c2ccccc2)c2ccccc2)cc1. The maximum absolute atomic E-state index is 3.80. The first-order valence-corrected chi connectivity index (χ1v) is 17.6. The van der Waals surface area contributed by atoms with E-state index < -0.39 is 0 Å². The molecule has 6 rings (SSSR count). The van der Waals surface area contributed by atoms with Crippen molar-refractivity contribution >= 4 is 23.5 Å². The number of hydrogen-bond acceptors (Lipinski definition) is 3. The molecule has 0 atom stereocenters. The molecule has 0 heterocycles. The highest BCUT2D eigenvalue weighted by Crippen LogP contribution is 2.49. The Labute approximate surface area is 277 Å². The van der Waals surface area contributed by atoms with E-state index in [0.717, 1.165) is 24.6 Å². The van der Waals surface area contributed by atoms with Gasteiger partial charge in [-0.3, -0.25) is 0 Å². The summed E-state index contributed by atoms with van der Waals surface area (Å²) < 4.78 is -0.577. The average Bonchev–Trinajstić information content (AvgIpc) is 3.13. The second-order valence-electron chi connectivity index (χ2n) is 11.0. The Kier molecular flexibility index (Phi) is 10.5. The lowest BCUT2D eigenvalue weighted by molar-refractivity contribution is 0.766. The first-order valence-electron chi connectivity index (χ1n) is 15.7. The van der Waals surface area contributed by atoms with E-state index in [1.165, 1.54) is 33.4 Å². The van der Waals surface area contributed by atoms with Crippen LogP contribution in [-0.2, 0) is 9.49 Å². The molecule has 0 radical (unpaired) electrons. The first-order chi connectivity index (χ1) is 22.3. The van der Waals surface area contributed by atoms with Gasteiger partial charge in [-0.1, -0.05) is 182 Å². The highest BCUT2D eigenvalue weighted by molar-refractivity contribution is 8.00. The van der Waals surface area contributed by atoms with E-state index in [9.17, 15) is 0 Å². The van der Waals surface area contributed by atoms with Gasteiger partial charge < -0.3 is 5.32 Å². The monoisotopic (exact) mass is 621 g/mol. The third kappa shape index (κ3) is 6.82. The fourth-order valence-corrected chi connectivity index (χ4v) is 9.14. The van der Waals surface area contributed by atoms with E-state index in [0.29, 0.717) is 0 Å². The van der Waals surface area contributed by atoms with Gasteiger partial charge in [-0.2, -0.15) is 0 Å². The number of hydrogen-bond donors (Lipinski definition) is 1. The molecule has 0 fully saturated rings. The van der Waals surface area contributed by atoms with Crippen LogP contribution < -0.4 is 5.32 Å². The maximum atomic E-state index is 3.80. The number of benzene rings is 6. The van der Waals surface area contributed by atoms with E-state index in [2.05, 4.69) is 187 Å². The standard InChI is InChI=1S/C42H39NS2/c1-7-19-35(20-8-1)41(36-21-9-2-10-22-36,37-23-11-3-12-24-37)44-33-31-43-32-34-45-42(38-25-13-4-14-26-38,39-27-15-5-16-28-39)40-29-17-6-18-30-40/h1-30,43H,31-34H2. The van der Waals surface area contributed by atoms with Crippen LogP contribution in [0.1, 0.15) is 33.4 Å². The third-order valence-electron chi connectivity index (χ3n) is 8.28. The molecule has 6 aromatic rings. The summed E-state index contributed by atoms with van der Waals surface area (Å²) in [4.78, 5) is 0. The van der Waals surface area contributed by atoms with Crippen molar-refractivity contribution in [3.63, 3.8) is 0 Å². The summed E-state index contributed by atoms with van der Waals surface area (Å²) in [6.07, 6.45) is 0. The average molecular weight is 622 g/mol. The molecule has 0 aromatic heterocycles. The predicted molar refractivity (Wildman–Crippen MR) is 196 cm³/mol. The quantitative estimate of drug-likeness (QED) is 0.0960. The summed E-state index contributed by atoms with van der Waals surface area (Å²) in [7, 11) is 0. The van der Waals surface area contributed by atoms with Crippen molar-refractivity contribution in [2.24, 2.45) is 0 Å². The van der Waals surface area contributed by atoms with E-state index in [1.54, 1.807) is 0 Å². The molecule has 0 saturated heterocycles. The van der Waals surface area contributed by atoms with Gasteiger partial charge >= 0.3 is 0 Å². The molecule has 0 aliphatic carbocycles. The lowest BCUT2D eigenvalue weighted by Crippen LogP contribution is -2.30. The van der Waals surface area contributed by atoms with Crippen LogP contribution in [0.15, 0.2) is 182 Å². The van der Waals surface area contributed by atoms with Crippen LogP contribution in [0.4, 0.5) is 0 Å². The third-order valence-corrected chi connectivity index (χ3v) is 11.4. The van der Waals surface area contributed by atoms with E-state index >= 15 is 0 Å². The predicted octanol–water partition coefficient (Wildman–Crippen LogP) is 10.0. The molecule has 0 bridgehead atoms. The van der Waals surface area contributed by atoms with Crippen LogP contribution in [0.3, 0.4) is 0 Å². The fourth-order valence-electron chi connectivity index (χ4n) is 6.21. The van der Waals surface area contributed by atoms with Crippen LogP contribution in [0, 0.1) is 0 Å². The number of nitrogens with one attached hydrogen (secondary N) is 1. The van der Waals surface area contributed by atoms with E-state index in [4.69, 9.17) is 0 Å². The van der Waals surface area contributed by atoms with Crippen LogP contribution >= 0.6 is 23.5 Å². The minimum Gasteiger partial charge on any atom is -0.315 e. The van der Waals surface area contributed by atoms with E-state index in [-0.39, 0.29) is 9.49 Å². The normalized spacial score (nSPS) is 11.7. The summed E-state index contributed by atoms with van der Waals surface area (Å²) in [5.74, 6) is 1.95. The molecule has 0 aliphatic rings. The van der Waals surface area contributed by atoms with Crippen molar-refractivity contribution in [2.75, 3.05) is 24.6 Å². The van der Waals surface area contributed by atoms with Crippen molar-refractivity contribution < 1.29 is 0 Å². The fraction of sp³-hybridized carbons (Fsp3) is 0.143. The Morgan fingerprint density at radius 2 is 0.511 bits per heavy atom. The summed E-state index contributed by atoms with van der Waals surface area (Å²) in [5.41, 5.74) is 7.84.